The Labute approximate surface area is 90.0 Å². The Morgan fingerprint density at radius 2 is 2.43 bits per heavy atom. The Hall–Kier alpha value is -0.840. The Bertz CT molecular complexity index is 399. The van der Waals surface area contributed by atoms with E-state index >= 15 is 0 Å². The maximum Gasteiger partial charge on any atom is 0.193 e. The monoisotopic (exact) mass is 229 g/mol. The van der Waals surface area contributed by atoms with Gasteiger partial charge in [-0.1, -0.05) is 0 Å². The van der Waals surface area contributed by atoms with E-state index in [1.807, 2.05) is 0 Å². The smallest absolute Gasteiger partial charge is 0.193 e. The van der Waals surface area contributed by atoms with Gasteiger partial charge in [0.15, 0.2) is 5.22 Å². The van der Waals surface area contributed by atoms with Crippen LogP contribution in [0, 0.1) is 0 Å². The lowest BCUT2D eigenvalue weighted by Gasteiger charge is -2.04. The molecule has 0 aliphatic carbocycles. The van der Waals surface area contributed by atoms with Crippen LogP contribution in [0.3, 0.4) is 0 Å². The molecule has 1 N–H and O–H groups in total. The van der Waals surface area contributed by atoms with E-state index in [1.54, 1.807) is 23.8 Å². The average Bonchev–Trinajstić information content (AvgIpc) is 2.75. The number of thiazole rings is 1. The van der Waals surface area contributed by atoms with Crippen LogP contribution in [0.4, 0.5) is 0 Å². The van der Waals surface area contributed by atoms with E-state index in [4.69, 9.17) is 16.0 Å². The van der Waals surface area contributed by atoms with Crippen molar-refractivity contribution in [1.29, 1.82) is 0 Å². The fourth-order valence-corrected chi connectivity index (χ4v) is 1.93. The molecule has 0 amide bonds. The van der Waals surface area contributed by atoms with Crippen molar-refractivity contribution in [2.75, 3.05) is 0 Å². The summed E-state index contributed by atoms with van der Waals surface area (Å²) >= 11 is 7.11. The molecule has 0 spiro atoms. The van der Waals surface area contributed by atoms with E-state index in [1.165, 1.54) is 11.3 Å². The predicted molar refractivity (Wildman–Crippen MR) is 54.5 cm³/mol. The summed E-state index contributed by atoms with van der Waals surface area (Å²) in [6.07, 6.45) is 1.59. The Morgan fingerprint density at radius 1 is 1.57 bits per heavy atom. The van der Waals surface area contributed by atoms with Crippen molar-refractivity contribution in [3.05, 3.63) is 39.7 Å². The quantitative estimate of drug-likeness (QED) is 0.880. The number of hydrogen-bond acceptors (Lipinski definition) is 4. The molecule has 74 valence electrons. The van der Waals surface area contributed by atoms with Crippen LogP contribution in [0.1, 0.15) is 16.7 Å². The molecule has 3 nitrogen and oxygen atoms in total. The summed E-state index contributed by atoms with van der Waals surface area (Å²) in [4.78, 5) is 4.94. The molecule has 0 radical (unpaired) electrons. The van der Waals surface area contributed by atoms with Crippen LogP contribution in [0.15, 0.2) is 28.3 Å². The fraction of sp³-hybridized carbons (Fsp3) is 0.222. The second-order valence-corrected chi connectivity index (χ2v) is 4.17. The van der Waals surface area contributed by atoms with Crippen LogP contribution < -0.4 is 0 Å². The topological polar surface area (TPSA) is 46.3 Å². The van der Waals surface area contributed by atoms with E-state index < -0.39 is 6.10 Å². The van der Waals surface area contributed by atoms with E-state index in [0.717, 1.165) is 4.88 Å². The lowest BCUT2D eigenvalue weighted by atomic mass is 10.2. The molecule has 2 rings (SSSR count). The highest BCUT2D eigenvalue weighted by molar-refractivity contribution is 7.09. The Balaban J connectivity index is 2.06. The van der Waals surface area contributed by atoms with E-state index in [-0.39, 0.29) is 0 Å². The second-order valence-electron chi connectivity index (χ2n) is 2.83. The number of furan rings is 1. The van der Waals surface area contributed by atoms with Gasteiger partial charge in [0, 0.05) is 17.5 Å². The van der Waals surface area contributed by atoms with Gasteiger partial charge in [-0.15, -0.1) is 11.3 Å². The zero-order chi connectivity index (χ0) is 9.97. The molecule has 0 saturated heterocycles. The first kappa shape index (κ1) is 9.71. The van der Waals surface area contributed by atoms with Crippen LogP contribution in [-0.2, 0) is 6.42 Å². The van der Waals surface area contributed by atoms with Gasteiger partial charge in [-0.3, -0.25) is 4.98 Å². The molecule has 2 heterocycles. The third-order valence-corrected chi connectivity index (χ3v) is 2.81. The van der Waals surface area contributed by atoms with Crippen LogP contribution in [0.25, 0.3) is 0 Å². The zero-order valence-electron chi connectivity index (χ0n) is 7.18. The number of aliphatic hydroxyl groups excluding tert-OH is 1. The molecule has 0 aliphatic rings. The van der Waals surface area contributed by atoms with Crippen molar-refractivity contribution in [1.82, 2.24) is 4.98 Å². The molecule has 1 unspecified atom stereocenters. The average molecular weight is 230 g/mol. The molecule has 0 bridgehead atoms. The number of rotatable bonds is 3. The van der Waals surface area contributed by atoms with Crippen LogP contribution in [0.5, 0.6) is 0 Å². The molecule has 0 aliphatic heterocycles. The summed E-state index contributed by atoms with van der Waals surface area (Å²) in [7, 11) is 0. The predicted octanol–water partition coefficient (Wildman–Crippen LogP) is 2.67. The molecule has 5 heteroatoms. The van der Waals surface area contributed by atoms with Gasteiger partial charge in [0.05, 0.1) is 5.51 Å². The molecular formula is C9H8ClNO2S. The Morgan fingerprint density at radius 3 is 3.00 bits per heavy atom. The molecule has 2 aromatic heterocycles. The molecule has 1 atom stereocenters. The molecule has 14 heavy (non-hydrogen) atoms. The zero-order valence-corrected chi connectivity index (χ0v) is 8.76. The largest absolute Gasteiger partial charge is 0.447 e. The van der Waals surface area contributed by atoms with Gasteiger partial charge in [-0.25, -0.2) is 0 Å². The third kappa shape index (κ3) is 2.15. The maximum absolute atomic E-state index is 9.73. The van der Waals surface area contributed by atoms with Crippen molar-refractivity contribution in [3.8, 4) is 0 Å². The molecule has 0 saturated carbocycles. The van der Waals surface area contributed by atoms with E-state index in [0.29, 0.717) is 17.4 Å². The highest BCUT2D eigenvalue weighted by atomic mass is 35.5. The highest BCUT2D eigenvalue weighted by Gasteiger charge is 2.13. The van der Waals surface area contributed by atoms with Crippen LogP contribution in [-0.4, -0.2) is 10.1 Å². The summed E-state index contributed by atoms with van der Waals surface area (Å²) < 4.78 is 5.09. The second kappa shape index (κ2) is 4.13. The van der Waals surface area contributed by atoms with Gasteiger partial charge < -0.3 is 9.52 Å². The van der Waals surface area contributed by atoms with Crippen LogP contribution >= 0.6 is 22.9 Å². The van der Waals surface area contributed by atoms with E-state index in [9.17, 15) is 5.11 Å². The third-order valence-electron chi connectivity index (χ3n) is 1.80. The highest BCUT2D eigenvalue weighted by Crippen LogP contribution is 2.23. The summed E-state index contributed by atoms with van der Waals surface area (Å²) in [6.45, 7) is 0. The first-order valence-electron chi connectivity index (χ1n) is 4.06. The van der Waals surface area contributed by atoms with Gasteiger partial charge >= 0.3 is 0 Å². The lowest BCUT2D eigenvalue weighted by molar-refractivity contribution is 0.151. The number of nitrogens with zero attached hydrogens (tertiary/aromatic N) is 1. The molecule has 2 aromatic rings. The SMILES string of the molecule is OC(Cc1cncs1)c1ccc(Cl)o1. The minimum absolute atomic E-state index is 0.295. The van der Waals surface area contributed by atoms with Gasteiger partial charge in [-0.05, 0) is 23.7 Å². The number of halogens is 1. The summed E-state index contributed by atoms with van der Waals surface area (Å²) in [5.41, 5.74) is 1.73. The first-order chi connectivity index (χ1) is 6.75. The van der Waals surface area contributed by atoms with Gasteiger partial charge in [0.25, 0.3) is 0 Å². The summed E-state index contributed by atoms with van der Waals surface area (Å²) in [5, 5.41) is 10.0. The van der Waals surface area contributed by atoms with Crippen molar-refractivity contribution in [2.45, 2.75) is 12.5 Å². The standard InChI is InChI=1S/C9H8ClNO2S/c10-9-2-1-8(13-9)7(12)3-6-4-11-5-14-6/h1-2,4-5,7,12H,3H2. The van der Waals surface area contributed by atoms with Crippen molar-refractivity contribution >= 4 is 22.9 Å². The molecule has 0 fully saturated rings. The summed E-state index contributed by atoms with van der Waals surface area (Å²) in [5.74, 6) is 0.489. The molecule has 0 aromatic carbocycles. The Kier molecular flexibility index (Phi) is 2.86. The molecular weight excluding hydrogens is 222 g/mol. The van der Waals surface area contributed by atoms with Crippen molar-refractivity contribution < 1.29 is 9.52 Å². The first-order valence-corrected chi connectivity index (χ1v) is 5.32. The number of aliphatic hydroxyl groups is 1. The number of aromatic nitrogens is 1. The van der Waals surface area contributed by atoms with Gasteiger partial charge in [-0.2, -0.15) is 0 Å². The lowest BCUT2D eigenvalue weighted by Crippen LogP contribution is -1.98. The van der Waals surface area contributed by atoms with Gasteiger partial charge in [0.1, 0.15) is 11.9 Å². The van der Waals surface area contributed by atoms with Crippen molar-refractivity contribution in [3.63, 3.8) is 0 Å². The minimum atomic E-state index is -0.650. The maximum atomic E-state index is 9.73. The minimum Gasteiger partial charge on any atom is -0.447 e. The number of hydrogen-bond donors (Lipinski definition) is 1. The van der Waals surface area contributed by atoms with E-state index in [2.05, 4.69) is 4.98 Å². The fourth-order valence-electron chi connectivity index (χ4n) is 1.14. The normalized spacial score (nSPS) is 13.0. The summed E-state index contributed by atoms with van der Waals surface area (Å²) in [6, 6.07) is 3.29. The van der Waals surface area contributed by atoms with Gasteiger partial charge in [0.2, 0.25) is 0 Å². The van der Waals surface area contributed by atoms with Crippen LogP contribution in [0.2, 0.25) is 5.22 Å². The van der Waals surface area contributed by atoms with Crippen molar-refractivity contribution in [2.24, 2.45) is 0 Å².